The molecule has 2 amide bonds. The van der Waals surface area contributed by atoms with Crippen molar-refractivity contribution in [2.24, 2.45) is 0 Å². The molecule has 1 aliphatic heterocycles. The number of carbonyl (C=O) groups is 2. The van der Waals surface area contributed by atoms with Gasteiger partial charge in [0, 0.05) is 11.1 Å². The number of aromatic nitrogens is 1. The Balaban J connectivity index is 1.44. The second-order valence-electron chi connectivity index (χ2n) is 6.64. The van der Waals surface area contributed by atoms with Crippen LogP contribution in [0.3, 0.4) is 0 Å². The highest BCUT2D eigenvalue weighted by molar-refractivity contribution is 7.90. The number of nitrogens with zero attached hydrogens (tertiary/aromatic N) is 2. The molecule has 0 fully saturated rings. The summed E-state index contributed by atoms with van der Waals surface area (Å²) in [5.41, 5.74) is 2.39. The number of rotatable bonds is 5. The van der Waals surface area contributed by atoms with E-state index in [9.17, 15) is 18.0 Å². The summed E-state index contributed by atoms with van der Waals surface area (Å²) in [5.74, 6) is -0.778. The van der Waals surface area contributed by atoms with Crippen LogP contribution in [0.15, 0.2) is 58.8 Å². The van der Waals surface area contributed by atoms with Gasteiger partial charge >= 0.3 is 0 Å². The van der Waals surface area contributed by atoms with Gasteiger partial charge in [0.05, 0.1) is 24.2 Å². The third-order valence-electron chi connectivity index (χ3n) is 4.46. The predicted octanol–water partition coefficient (Wildman–Crippen LogP) is 2.98. The van der Waals surface area contributed by atoms with Gasteiger partial charge in [-0.1, -0.05) is 29.8 Å². The first-order valence-electron chi connectivity index (χ1n) is 8.80. The molecule has 7 nitrogen and oxygen atoms in total. The minimum atomic E-state index is -3.88. The first-order chi connectivity index (χ1) is 13.8. The van der Waals surface area contributed by atoms with E-state index in [2.05, 4.69) is 10.3 Å². The second-order valence-corrected chi connectivity index (χ2v) is 9.41. The summed E-state index contributed by atoms with van der Waals surface area (Å²) in [4.78, 5) is 29.0. The lowest BCUT2D eigenvalue weighted by atomic mass is 10.2. The minimum Gasteiger partial charge on any atom is -0.326 e. The third-order valence-corrected chi connectivity index (χ3v) is 7.15. The zero-order chi connectivity index (χ0) is 20.6. The van der Waals surface area contributed by atoms with Crippen LogP contribution in [-0.4, -0.2) is 29.5 Å². The number of nitrogens with one attached hydrogen (secondary N) is 1. The molecule has 0 saturated heterocycles. The molecule has 0 radical (unpaired) electrons. The van der Waals surface area contributed by atoms with E-state index in [0.717, 1.165) is 9.87 Å². The average molecular weight is 428 g/mol. The molecular formula is C20H17N3O4S2. The van der Waals surface area contributed by atoms with Crippen LogP contribution < -0.4 is 5.32 Å². The van der Waals surface area contributed by atoms with E-state index in [1.54, 1.807) is 17.5 Å². The van der Waals surface area contributed by atoms with Gasteiger partial charge in [-0.05, 0) is 31.2 Å². The largest absolute Gasteiger partial charge is 0.326 e. The van der Waals surface area contributed by atoms with E-state index in [1.165, 1.54) is 23.5 Å². The number of aryl methyl sites for hydroxylation is 1. The molecule has 3 aromatic rings. The molecule has 1 aliphatic rings. The normalized spacial score (nSPS) is 14.7. The number of carbonyl (C=O) groups excluding carboxylic acids is 2. The number of sulfonamides is 1. The van der Waals surface area contributed by atoms with Crippen LogP contribution >= 0.6 is 11.3 Å². The summed E-state index contributed by atoms with van der Waals surface area (Å²) in [5, 5.41) is 5.01. The van der Waals surface area contributed by atoms with Crippen molar-refractivity contribution in [3.05, 3.63) is 75.7 Å². The maximum absolute atomic E-state index is 12.6. The zero-order valence-corrected chi connectivity index (χ0v) is 17.1. The molecule has 0 saturated carbocycles. The summed E-state index contributed by atoms with van der Waals surface area (Å²) in [6.45, 7) is 1.80. The Morgan fingerprint density at radius 1 is 1.14 bits per heavy atom. The standard InChI is InChI=1S/C20H17N3O4S2/c1-13-6-8-14(9-7-13)21-18(24)10-19-22-15(12-28-19)11-23-20(25)16-4-2-3-5-17(16)29(23,26)27/h2-9,12H,10-11H2,1H3,(H,21,24). The molecule has 4 rings (SSSR count). The van der Waals surface area contributed by atoms with Crippen molar-refractivity contribution in [2.75, 3.05) is 5.32 Å². The molecule has 148 valence electrons. The molecule has 0 aliphatic carbocycles. The Morgan fingerprint density at radius 2 is 1.86 bits per heavy atom. The smallest absolute Gasteiger partial charge is 0.269 e. The summed E-state index contributed by atoms with van der Waals surface area (Å²) < 4.78 is 26.1. The molecule has 1 N–H and O–H groups in total. The fourth-order valence-corrected chi connectivity index (χ4v) is 5.34. The highest BCUT2D eigenvalue weighted by Crippen LogP contribution is 2.31. The molecule has 0 spiro atoms. The number of hydrogen-bond donors (Lipinski definition) is 1. The lowest BCUT2D eigenvalue weighted by molar-refractivity contribution is -0.115. The van der Waals surface area contributed by atoms with E-state index in [1.807, 2.05) is 31.2 Å². The van der Waals surface area contributed by atoms with Crippen molar-refractivity contribution in [1.82, 2.24) is 9.29 Å². The summed E-state index contributed by atoms with van der Waals surface area (Å²) in [7, 11) is -3.88. The Hall–Kier alpha value is -3.04. The summed E-state index contributed by atoms with van der Waals surface area (Å²) in [6.07, 6.45) is 0.0689. The fourth-order valence-electron chi connectivity index (χ4n) is 3.02. The molecule has 29 heavy (non-hydrogen) atoms. The Labute approximate surface area is 172 Å². The van der Waals surface area contributed by atoms with Crippen LogP contribution in [0.2, 0.25) is 0 Å². The first-order valence-corrected chi connectivity index (χ1v) is 11.1. The zero-order valence-electron chi connectivity index (χ0n) is 15.5. The van der Waals surface area contributed by atoms with Crippen molar-refractivity contribution in [2.45, 2.75) is 24.8 Å². The van der Waals surface area contributed by atoms with Crippen LogP contribution in [0.5, 0.6) is 0 Å². The van der Waals surface area contributed by atoms with Crippen molar-refractivity contribution < 1.29 is 18.0 Å². The van der Waals surface area contributed by atoms with Crippen molar-refractivity contribution in [1.29, 1.82) is 0 Å². The molecule has 0 bridgehead atoms. The number of amides is 2. The molecule has 1 aromatic heterocycles. The van der Waals surface area contributed by atoms with Crippen LogP contribution in [0.4, 0.5) is 5.69 Å². The summed E-state index contributed by atoms with van der Waals surface area (Å²) in [6, 6.07) is 13.6. The van der Waals surface area contributed by atoms with E-state index >= 15 is 0 Å². The maximum Gasteiger partial charge on any atom is 0.269 e. The monoisotopic (exact) mass is 427 g/mol. The van der Waals surface area contributed by atoms with Gasteiger partial charge in [0.1, 0.15) is 9.90 Å². The average Bonchev–Trinajstić information content (AvgIpc) is 3.20. The van der Waals surface area contributed by atoms with Gasteiger partial charge in [0.2, 0.25) is 5.91 Å². The first kappa shape index (κ1) is 19.3. The highest BCUT2D eigenvalue weighted by Gasteiger charge is 2.41. The topological polar surface area (TPSA) is 96.4 Å². The van der Waals surface area contributed by atoms with Crippen LogP contribution in [0.1, 0.15) is 26.6 Å². The molecular weight excluding hydrogens is 410 g/mol. The number of anilines is 1. The Bertz CT molecular complexity index is 1200. The lowest BCUT2D eigenvalue weighted by Crippen LogP contribution is -2.29. The summed E-state index contributed by atoms with van der Waals surface area (Å²) >= 11 is 1.25. The van der Waals surface area contributed by atoms with Crippen molar-refractivity contribution >= 4 is 38.9 Å². The van der Waals surface area contributed by atoms with Gasteiger partial charge in [0.25, 0.3) is 15.9 Å². The molecule has 9 heteroatoms. The molecule has 2 aromatic carbocycles. The van der Waals surface area contributed by atoms with Gasteiger partial charge in [-0.15, -0.1) is 11.3 Å². The van der Waals surface area contributed by atoms with Gasteiger partial charge in [-0.25, -0.2) is 17.7 Å². The lowest BCUT2D eigenvalue weighted by Gasteiger charge is -2.13. The quantitative estimate of drug-likeness (QED) is 0.675. The van der Waals surface area contributed by atoms with E-state index in [-0.39, 0.29) is 29.3 Å². The van der Waals surface area contributed by atoms with Crippen LogP contribution in [-0.2, 0) is 27.8 Å². The number of thiazole rings is 1. The van der Waals surface area contributed by atoms with Crippen LogP contribution in [0, 0.1) is 6.92 Å². The van der Waals surface area contributed by atoms with E-state index in [0.29, 0.717) is 16.4 Å². The predicted molar refractivity (Wildman–Crippen MR) is 109 cm³/mol. The molecule has 2 heterocycles. The van der Waals surface area contributed by atoms with Crippen molar-refractivity contribution in [3.63, 3.8) is 0 Å². The minimum absolute atomic E-state index is 0.0120. The Morgan fingerprint density at radius 3 is 2.59 bits per heavy atom. The van der Waals surface area contributed by atoms with E-state index < -0.39 is 15.9 Å². The van der Waals surface area contributed by atoms with Gasteiger partial charge in [-0.3, -0.25) is 9.59 Å². The molecule has 0 unspecified atom stereocenters. The second kappa shape index (κ2) is 7.41. The number of fused-ring (bicyclic) bond motifs is 1. The Kier molecular flexibility index (Phi) is 4.93. The number of benzene rings is 2. The van der Waals surface area contributed by atoms with Gasteiger partial charge in [0.15, 0.2) is 0 Å². The van der Waals surface area contributed by atoms with Crippen molar-refractivity contribution in [3.8, 4) is 0 Å². The van der Waals surface area contributed by atoms with Gasteiger partial charge < -0.3 is 5.32 Å². The van der Waals surface area contributed by atoms with Crippen LogP contribution in [0.25, 0.3) is 0 Å². The van der Waals surface area contributed by atoms with Gasteiger partial charge in [-0.2, -0.15) is 0 Å². The highest BCUT2D eigenvalue weighted by atomic mass is 32.2. The molecule has 0 atom stereocenters. The third kappa shape index (κ3) is 3.79. The SMILES string of the molecule is Cc1ccc(NC(=O)Cc2nc(CN3C(=O)c4ccccc4S3(=O)=O)cs2)cc1. The maximum atomic E-state index is 12.6. The van der Waals surface area contributed by atoms with E-state index in [4.69, 9.17) is 0 Å². The fraction of sp³-hybridized carbons (Fsp3) is 0.150. The number of hydrogen-bond acceptors (Lipinski definition) is 6.